The number of hydrogen-bond acceptors (Lipinski definition) is 3. The lowest BCUT2D eigenvalue weighted by atomic mass is 9.87. The van der Waals surface area contributed by atoms with Gasteiger partial charge in [0, 0.05) is 44.3 Å². The molecule has 0 radical (unpaired) electrons. The lowest BCUT2D eigenvalue weighted by molar-refractivity contribution is -0.121. The standard InChI is InChI=1S/C15H12Br2Cl2N2O/c1-7(11-3-9(16)5-20-14(11)18)13(22)8(2)12-4-10(17)6-21-15(12)19/h3-8H,1-2H3. The van der Waals surface area contributed by atoms with Gasteiger partial charge in [0.25, 0.3) is 0 Å². The molecular weight excluding hydrogens is 455 g/mol. The molecule has 22 heavy (non-hydrogen) atoms. The summed E-state index contributed by atoms with van der Waals surface area (Å²) in [7, 11) is 0. The van der Waals surface area contributed by atoms with Crippen molar-refractivity contribution in [2.24, 2.45) is 0 Å². The van der Waals surface area contributed by atoms with Gasteiger partial charge in [0.15, 0.2) is 0 Å². The summed E-state index contributed by atoms with van der Waals surface area (Å²) in [5.74, 6) is -0.798. The van der Waals surface area contributed by atoms with E-state index in [4.69, 9.17) is 23.2 Å². The highest BCUT2D eigenvalue weighted by Crippen LogP contribution is 2.33. The number of hydrogen-bond donors (Lipinski definition) is 0. The Morgan fingerprint density at radius 1 is 0.955 bits per heavy atom. The van der Waals surface area contributed by atoms with Gasteiger partial charge in [-0.15, -0.1) is 0 Å². The maximum atomic E-state index is 12.8. The first-order chi connectivity index (χ1) is 10.3. The van der Waals surface area contributed by atoms with Crippen LogP contribution < -0.4 is 0 Å². The molecule has 2 aromatic rings. The minimum Gasteiger partial charge on any atom is -0.298 e. The molecule has 0 fully saturated rings. The molecule has 2 aromatic heterocycles. The quantitative estimate of drug-likeness (QED) is 0.536. The molecular formula is C15H12Br2Cl2N2O. The van der Waals surface area contributed by atoms with E-state index in [0.717, 1.165) is 8.95 Å². The molecule has 0 aliphatic carbocycles. The minimum atomic E-state index is -0.400. The Morgan fingerprint density at radius 2 is 1.32 bits per heavy atom. The maximum Gasteiger partial charge on any atom is 0.147 e. The average Bonchev–Trinajstić information content (AvgIpc) is 2.50. The summed E-state index contributed by atoms with van der Waals surface area (Å²) in [6.45, 7) is 3.63. The van der Waals surface area contributed by atoms with Crippen LogP contribution in [0, 0.1) is 0 Å². The topological polar surface area (TPSA) is 42.9 Å². The van der Waals surface area contributed by atoms with E-state index in [1.807, 2.05) is 26.0 Å². The molecule has 0 aromatic carbocycles. The van der Waals surface area contributed by atoms with Gasteiger partial charge >= 0.3 is 0 Å². The number of pyridine rings is 2. The molecule has 0 saturated heterocycles. The molecule has 0 bridgehead atoms. The lowest BCUT2D eigenvalue weighted by Crippen LogP contribution is -2.18. The van der Waals surface area contributed by atoms with Crippen LogP contribution in [-0.2, 0) is 4.79 Å². The van der Waals surface area contributed by atoms with Crippen molar-refractivity contribution in [3.05, 3.63) is 54.9 Å². The van der Waals surface area contributed by atoms with E-state index < -0.39 is 11.8 Å². The molecule has 0 amide bonds. The van der Waals surface area contributed by atoms with Crippen LogP contribution in [-0.4, -0.2) is 15.8 Å². The van der Waals surface area contributed by atoms with Crippen molar-refractivity contribution < 1.29 is 4.79 Å². The number of Topliss-reactive ketones (excluding diaryl/α,β-unsaturated/α-hetero) is 1. The lowest BCUT2D eigenvalue weighted by Gasteiger charge is -2.18. The third-order valence-corrected chi connectivity index (χ3v) is 4.95. The molecule has 3 nitrogen and oxygen atoms in total. The summed E-state index contributed by atoms with van der Waals surface area (Å²) < 4.78 is 1.56. The van der Waals surface area contributed by atoms with Gasteiger partial charge < -0.3 is 0 Å². The highest BCUT2D eigenvalue weighted by Gasteiger charge is 2.27. The number of ketones is 1. The first kappa shape index (κ1) is 17.9. The average molecular weight is 467 g/mol. The number of nitrogens with zero attached hydrogens (tertiary/aromatic N) is 2. The van der Waals surface area contributed by atoms with Gasteiger partial charge in [-0.05, 0) is 44.0 Å². The summed E-state index contributed by atoms with van der Waals surface area (Å²) in [4.78, 5) is 20.9. The van der Waals surface area contributed by atoms with Crippen LogP contribution >= 0.6 is 55.1 Å². The Labute approximate surface area is 155 Å². The molecule has 0 N–H and O–H groups in total. The molecule has 2 heterocycles. The third-order valence-electron chi connectivity index (χ3n) is 3.45. The molecule has 0 saturated carbocycles. The number of halogens is 4. The van der Waals surface area contributed by atoms with Crippen LogP contribution in [0.1, 0.15) is 36.8 Å². The summed E-state index contributed by atoms with van der Waals surface area (Å²) in [6.07, 6.45) is 3.20. The molecule has 2 unspecified atom stereocenters. The fourth-order valence-corrected chi connectivity index (χ4v) is 3.40. The van der Waals surface area contributed by atoms with E-state index in [2.05, 4.69) is 41.8 Å². The third kappa shape index (κ3) is 3.88. The molecule has 0 spiro atoms. The summed E-state index contributed by atoms with van der Waals surface area (Å²) in [5, 5.41) is 0.657. The zero-order chi connectivity index (χ0) is 16.4. The van der Waals surface area contributed by atoms with Gasteiger partial charge in [0.2, 0.25) is 0 Å². The molecule has 0 aliphatic rings. The predicted octanol–water partition coefficient (Wildman–Crippen LogP) is 5.78. The van der Waals surface area contributed by atoms with Crippen molar-refractivity contribution in [2.75, 3.05) is 0 Å². The highest BCUT2D eigenvalue weighted by molar-refractivity contribution is 9.10. The smallest absolute Gasteiger partial charge is 0.147 e. The van der Waals surface area contributed by atoms with Crippen LogP contribution in [0.4, 0.5) is 0 Å². The van der Waals surface area contributed by atoms with Crippen molar-refractivity contribution in [3.8, 4) is 0 Å². The van der Waals surface area contributed by atoms with Crippen LogP contribution in [0.3, 0.4) is 0 Å². The summed E-state index contributed by atoms with van der Waals surface area (Å²) >= 11 is 18.9. The molecule has 2 rings (SSSR count). The number of carbonyl (C=O) groups excluding carboxylic acids is 1. The maximum absolute atomic E-state index is 12.8. The second-order valence-electron chi connectivity index (χ2n) is 4.91. The van der Waals surface area contributed by atoms with Crippen molar-refractivity contribution >= 4 is 60.8 Å². The van der Waals surface area contributed by atoms with Gasteiger partial charge in [0.1, 0.15) is 16.1 Å². The van der Waals surface area contributed by atoms with E-state index in [9.17, 15) is 4.79 Å². The molecule has 2 atom stereocenters. The monoisotopic (exact) mass is 464 g/mol. The van der Waals surface area contributed by atoms with E-state index in [1.165, 1.54) is 0 Å². The second kappa shape index (κ2) is 7.39. The summed E-state index contributed by atoms with van der Waals surface area (Å²) in [5.41, 5.74) is 1.37. The van der Waals surface area contributed by atoms with Crippen molar-refractivity contribution in [2.45, 2.75) is 25.7 Å². The SMILES string of the molecule is CC(C(=O)C(C)c1cc(Br)cnc1Cl)c1cc(Br)cnc1Cl. The zero-order valence-electron chi connectivity index (χ0n) is 11.8. The first-order valence-corrected chi connectivity index (χ1v) is 8.81. The van der Waals surface area contributed by atoms with E-state index in [1.54, 1.807) is 12.4 Å². The first-order valence-electron chi connectivity index (χ1n) is 6.47. The van der Waals surface area contributed by atoms with Crippen molar-refractivity contribution in [1.29, 1.82) is 0 Å². The Morgan fingerprint density at radius 3 is 1.68 bits per heavy atom. The Balaban J connectivity index is 2.34. The van der Waals surface area contributed by atoms with Crippen LogP contribution in [0.2, 0.25) is 10.3 Å². The van der Waals surface area contributed by atoms with Gasteiger partial charge in [-0.25, -0.2) is 9.97 Å². The van der Waals surface area contributed by atoms with Crippen molar-refractivity contribution in [1.82, 2.24) is 9.97 Å². The number of carbonyl (C=O) groups is 1. The predicted molar refractivity (Wildman–Crippen MR) is 95.7 cm³/mol. The van der Waals surface area contributed by atoms with Gasteiger partial charge in [-0.1, -0.05) is 37.0 Å². The molecule has 116 valence electrons. The largest absolute Gasteiger partial charge is 0.298 e. The minimum absolute atomic E-state index is 0.00333. The molecule has 0 aliphatic heterocycles. The van der Waals surface area contributed by atoms with Gasteiger partial charge in [-0.2, -0.15) is 0 Å². The molecule has 7 heteroatoms. The Kier molecular flexibility index (Phi) is 6.00. The van der Waals surface area contributed by atoms with Crippen LogP contribution in [0.15, 0.2) is 33.5 Å². The van der Waals surface area contributed by atoms with Crippen LogP contribution in [0.5, 0.6) is 0 Å². The van der Waals surface area contributed by atoms with E-state index in [-0.39, 0.29) is 5.78 Å². The number of aromatic nitrogens is 2. The Hall–Kier alpha value is -0.490. The number of rotatable bonds is 4. The summed E-state index contributed by atoms with van der Waals surface area (Å²) in [6, 6.07) is 3.62. The highest BCUT2D eigenvalue weighted by atomic mass is 79.9. The van der Waals surface area contributed by atoms with Crippen LogP contribution in [0.25, 0.3) is 0 Å². The van der Waals surface area contributed by atoms with E-state index in [0.29, 0.717) is 21.4 Å². The fraction of sp³-hybridized carbons (Fsp3) is 0.267. The van der Waals surface area contributed by atoms with Gasteiger partial charge in [-0.3, -0.25) is 4.79 Å². The normalized spacial score (nSPS) is 13.7. The fourth-order valence-electron chi connectivity index (χ4n) is 2.17. The zero-order valence-corrected chi connectivity index (χ0v) is 16.5. The van der Waals surface area contributed by atoms with Gasteiger partial charge in [0.05, 0.1) is 0 Å². The second-order valence-corrected chi connectivity index (χ2v) is 7.46. The van der Waals surface area contributed by atoms with E-state index >= 15 is 0 Å². The van der Waals surface area contributed by atoms with Crippen molar-refractivity contribution in [3.63, 3.8) is 0 Å². The Bertz CT molecular complexity index is 665.